The van der Waals surface area contributed by atoms with Gasteiger partial charge in [0.15, 0.2) is 0 Å². The Labute approximate surface area is 168 Å². The van der Waals surface area contributed by atoms with Gasteiger partial charge in [0.2, 0.25) is 0 Å². The van der Waals surface area contributed by atoms with E-state index in [0.717, 1.165) is 16.9 Å². The van der Waals surface area contributed by atoms with Crippen LogP contribution in [0.25, 0.3) is 0 Å². The van der Waals surface area contributed by atoms with Gasteiger partial charge >= 0.3 is 11.9 Å². The number of dihydropyridines is 1. The SMILES string of the molecule is COC(=O)C1=C(C)NC(C)=C(C(=O)OC)C1c1ccsc1Cc1ccccc1. The number of allylic oxidation sites excluding steroid dienone is 2. The van der Waals surface area contributed by atoms with Crippen LogP contribution in [0.15, 0.2) is 64.3 Å². The zero-order valence-electron chi connectivity index (χ0n) is 16.4. The van der Waals surface area contributed by atoms with Crippen LogP contribution in [0.1, 0.15) is 35.8 Å². The largest absolute Gasteiger partial charge is 0.466 e. The number of thiophene rings is 1. The quantitative estimate of drug-likeness (QED) is 0.775. The summed E-state index contributed by atoms with van der Waals surface area (Å²) in [6.45, 7) is 3.64. The third-order valence-corrected chi connectivity index (χ3v) is 5.81. The van der Waals surface area contributed by atoms with Gasteiger partial charge in [-0.15, -0.1) is 11.3 Å². The Bertz CT molecular complexity index is 918. The molecule has 3 rings (SSSR count). The molecule has 0 spiro atoms. The summed E-state index contributed by atoms with van der Waals surface area (Å²) in [5.41, 5.74) is 4.32. The zero-order valence-corrected chi connectivity index (χ0v) is 17.2. The van der Waals surface area contributed by atoms with E-state index < -0.39 is 17.9 Å². The molecule has 5 nitrogen and oxygen atoms in total. The van der Waals surface area contributed by atoms with Crippen molar-refractivity contribution in [1.82, 2.24) is 5.32 Å². The van der Waals surface area contributed by atoms with Gasteiger partial charge in [0.1, 0.15) is 0 Å². The Morgan fingerprint density at radius 2 is 1.54 bits per heavy atom. The van der Waals surface area contributed by atoms with E-state index in [2.05, 4.69) is 17.4 Å². The lowest BCUT2D eigenvalue weighted by Gasteiger charge is -2.30. The maximum absolute atomic E-state index is 12.6. The molecule has 6 heteroatoms. The smallest absolute Gasteiger partial charge is 0.336 e. The topological polar surface area (TPSA) is 64.6 Å². The molecule has 0 saturated carbocycles. The van der Waals surface area contributed by atoms with E-state index in [1.807, 2.05) is 43.5 Å². The van der Waals surface area contributed by atoms with Crippen LogP contribution < -0.4 is 5.32 Å². The van der Waals surface area contributed by atoms with Crippen molar-refractivity contribution in [2.45, 2.75) is 26.2 Å². The molecular weight excluding hydrogens is 374 g/mol. The van der Waals surface area contributed by atoms with Crippen LogP contribution in [0, 0.1) is 0 Å². The Morgan fingerprint density at radius 3 is 2.07 bits per heavy atom. The first kappa shape index (κ1) is 19.9. The molecule has 1 aromatic heterocycles. The average Bonchev–Trinajstić information content (AvgIpc) is 3.14. The zero-order chi connectivity index (χ0) is 20.3. The fraction of sp³-hybridized carbons (Fsp3) is 0.273. The van der Waals surface area contributed by atoms with Crippen LogP contribution >= 0.6 is 11.3 Å². The molecule has 0 fully saturated rings. The Kier molecular flexibility index (Phi) is 5.99. The third kappa shape index (κ3) is 3.73. The van der Waals surface area contributed by atoms with E-state index in [-0.39, 0.29) is 0 Å². The van der Waals surface area contributed by atoms with Gasteiger partial charge < -0.3 is 14.8 Å². The van der Waals surface area contributed by atoms with Crippen molar-refractivity contribution >= 4 is 23.3 Å². The fourth-order valence-electron chi connectivity index (χ4n) is 3.60. The second-order valence-corrected chi connectivity index (χ2v) is 7.58. The first-order chi connectivity index (χ1) is 13.5. The third-order valence-electron chi connectivity index (χ3n) is 4.87. The highest BCUT2D eigenvalue weighted by molar-refractivity contribution is 7.10. The molecule has 0 aliphatic carbocycles. The molecule has 2 heterocycles. The van der Waals surface area contributed by atoms with Crippen molar-refractivity contribution in [2.75, 3.05) is 14.2 Å². The summed E-state index contributed by atoms with van der Waals surface area (Å²) in [5.74, 6) is -1.45. The maximum Gasteiger partial charge on any atom is 0.336 e. The van der Waals surface area contributed by atoms with Crippen molar-refractivity contribution in [3.8, 4) is 0 Å². The number of esters is 2. The monoisotopic (exact) mass is 397 g/mol. The summed E-state index contributed by atoms with van der Waals surface area (Å²) in [5, 5.41) is 5.12. The molecule has 2 aromatic rings. The highest BCUT2D eigenvalue weighted by atomic mass is 32.1. The molecule has 0 amide bonds. The predicted molar refractivity (Wildman–Crippen MR) is 109 cm³/mol. The minimum absolute atomic E-state index is 0.432. The van der Waals surface area contributed by atoms with Gasteiger partial charge in [-0.25, -0.2) is 9.59 Å². The molecule has 1 N–H and O–H groups in total. The van der Waals surface area contributed by atoms with E-state index in [9.17, 15) is 9.59 Å². The second-order valence-electron chi connectivity index (χ2n) is 6.58. The van der Waals surface area contributed by atoms with Crippen molar-refractivity contribution in [3.63, 3.8) is 0 Å². The van der Waals surface area contributed by atoms with Crippen LogP contribution in [-0.2, 0) is 25.5 Å². The van der Waals surface area contributed by atoms with Crippen molar-refractivity contribution in [1.29, 1.82) is 0 Å². The van der Waals surface area contributed by atoms with Gasteiger partial charge in [0, 0.05) is 22.7 Å². The number of hydrogen-bond donors (Lipinski definition) is 1. The molecule has 0 radical (unpaired) electrons. The van der Waals surface area contributed by atoms with Gasteiger partial charge in [-0.3, -0.25) is 0 Å². The van der Waals surface area contributed by atoms with Crippen LogP contribution in [0.5, 0.6) is 0 Å². The lowest BCUT2D eigenvalue weighted by atomic mass is 9.80. The first-order valence-electron chi connectivity index (χ1n) is 8.93. The van der Waals surface area contributed by atoms with Gasteiger partial charge in [-0.1, -0.05) is 30.3 Å². The highest BCUT2D eigenvalue weighted by Gasteiger charge is 2.38. The summed E-state index contributed by atoms with van der Waals surface area (Å²) in [4.78, 5) is 26.3. The first-order valence-corrected chi connectivity index (χ1v) is 9.81. The van der Waals surface area contributed by atoms with Crippen LogP contribution in [0.3, 0.4) is 0 Å². The van der Waals surface area contributed by atoms with Crippen LogP contribution in [0.2, 0.25) is 0 Å². The maximum atomic E-state index is 12.6. The molecule has 1 aliphatic heterocycles. The van der Waals surface area contributed by atoms with E-state index in [1.54, 1.807) is 11.3 Å². The van der Waals surface area contributed by atoms with E-state index >= 15 is 0 Å². The van der Waals surface area contributed by atoms with Gasteiger partial charge in [-0.05, 0) is 36.4 Å². The normalized spacial score (nSPS) is 14.7. The number of benzene rings is 1. The molecular formula is C22H23NO4S. The number of carbonyl (C=O) groups is 2. The van der Waals surface area contributed by atoms with Crippen LogP contribution in [0.4, 0.5) is 0 Å². The van der Waals surface area contributed by atoms with E-state index in [0.29, 0.717) is 22.5 Å². The van der Waals surface area contributed by atoms with Crippen molar-refractivity contribution < 1.29 is 19.1 Å². The standard InChI is InChI=1S/C22H23NO4S/c1-13-18(21(24)26-3)20(19(14(2)23-13)22(25)27-4)16-10-11-28-17(16)12-15-8-6-5-7-9-15/h5-11,20,23H,12H2,1-4H3. The molecule has 0 atom stereocenters. The van der Waals surface area contributed by atoms with E-state index in [1.165, 1.54) is 19.8 Å². The van der Waals surface area contributed by atoms with Crippen molar-refractivity contribution in [2.24, 2.45) is 0 Å². The molecule has 28 heavy (non-hydrogen) atoms. The number of rotatable bonds is 5. The molecule has 146 valence electrons. The number of ether oxygens (including phenoxy) is 2. The lowest BCUT2D eigenvalue weighted by Crippen LogP contribution is -2.32. The number of hydrogen-bond acceptors (Lipinski definition) is 6. The Morgan fingerprint density at radius 1 is 0.964 bits per heavy atom. The van der Waals surface area contributed by atoms with Gasteiger partial charge in [0.05, 0.1) is 31.3 Å². The summed E-state index contributed by atoms with van der Waals surface area (Å²) in [6.07, 6.45) is 0.721. The Hall–Kier alpha value is -2.86. The number of nitrogens with one attached hydrogen (secondary N) is 1. The highest BCUT2D eigenvalue weighted by Crippen LogP contribution is 2.42. The average molecular weight is 397 g/mol. The van der Waals surface area contributed by atoms with Gasteiger partial charge in [0.25, 0.3) is 0 Å². The Balaban J connectivity index is 2.14. The fourth-order valence-corrected chi connectivity index (χ4v) is 4.55. The molecule has 0 unspecified atom stereocenters. The number of methoxy groups -OCH3 is 2. The molecule has 1 aromatic carbocycles. The molecule has 0 bridgehead atoms. The molecule has 0 saturated heterocycles. The minimum atomic E-state index is -0.536. The van der Waals surface area contributed by atoms with Gasteiger partial charge in [-0.2, -0.15) is 0 Å². The lowest BCUT2D eigenvalue weighted by molar-refractivity contribution is -0.137. The second kappa shape index (κ2) is 8.44. The summed E-state index contributed by atoms with van der Waals surface area (Å²) >= 11 is 1.61. The number of carbonyl (C=O) groups excluding carboxylic acids is 2. The summed E-state index contributed by atoms with van der Waals surface area (Å²) in [7, 11) is 2.70. The van der Waals surface area contributed by atoms with Crippen molar-refractivity contribution in [3.05, 3.63) is 80.3 Å². The summed E-state index contributed by atoms with van der Waals surface area (Å²) in [6, 6.07) is 12.1. The van der Waals surface area contributed by atoms with Crippen LogP contribution in [-0.4, -0.2) is 26.2 Å². The van der Waals surface area contributed by atoms with E-state index in [4.69, 9.17) is 9.47 Å². The summed E-state index contributed by atoms with van der Waals surface area (Å²) < 4.78 is 10.1. The molecule has 1 aliphatic rings. The predicted octanol–water partition coefficient (Wildman–Crippen LogP) is 3.92. The minimum Gasteiger partial charge on any atom is -0.466 e.